The van der Waals surface area contributed by atoms with Gasteiger partial charge in [-0.25, -0.2) is 0 Å². The van der Waals surface area contributed by atoms with Crippen molar-refractivity contribution in [2.75, 3.05) is 13.1 Å². The lowest BCUT2D eigenvalue weighted by Crippen LogP contribution is -2.24. The summed E-state index contributed by atoms with van der Waals surface area (Å²) < 4.78 is 1.09. The summed E-state index contributed by atoms with van der Waals surface area (Å²) >= 11 is 3.44. The molecule has 1 aromatic carbocycles. The molecule has 0 saturated heterocycles. The van der Waals surface area contributed by atoms with E-state index in [4.69, 9.17) is 5.11 Å². The Kier molecular flexibility index (Phi) is 6.22. The number of rotatable bonds is 7. The molecule has 0 fully saturated rings. The van der Waals surface area contributed by atoms with Crippen molar-refractivity contribution in [2.24, 2.45) is 5.92 Å². The van der Waals surface area contributed by atoms with Crippen molar-refractivity contribution < 1.29 is 9.90 Å². The molecule has 0 radical (unpaired) electrons. The first-order chi connectivity index (χ1) is 8.08. The van der Waals surface area contributed by atoms with Gasteiger partial charge in [0.25, 0.3) is 0 Å². The Morgan fingerprint density at radius 2 is 2.29 bits per heavy atom. The third-order valence-electron chi connectivity index (χ3n) is 2.50. The monoisotopic (exact) mass is 299 g/mol. The Hall–Kier alpha value is -0.870. The van der Waals surface area contributed by atoms with E-state index in [9.17, 15) is 4.79 Å². The first-order valence-electron chi connectivity index (χ1n) is 5.75. The van der Waals surface area contributed by atoms with Crippen molar-refractivity contribution in [3.05, 3.63) is 34.3 Å². The zero-order valence-corrected chi connectivity index (χ0v) is 11.5. The molecule has 0 aromatic heterocycles. The molecule has 1 unspecified atom stereocenters. The van der Waals surface area contributed by atoms with Gasteiger partial charge in [0.05, 0.1) is 0 Å². The Balaban J connectivity index is 2.18. The van der Waals surface area contributed by atoms with Gasteiger partial charge in [0.1, 0.15) is 0 Å². The fourth-order valence-corrected chi connectivity index (χ4v) is 2.09. The van der Waals surface area contributed by atoms with Crippen molar-refractivity contribution in [2.45, 2.75) is 19.8 Å². The van der Waals surface area contributed by atoms with Gasteiger partial charge in [-0.3, -0.25) is 4.79 Å². The van der Waals surface area contributed by atoms with Crippen LogP contribution in [0.5, 0.6) is 0 Å². The van der Waals surface area contributed by atoms with Crippen LogP contribution in [-0.2, 0) is 11.2 Å². The molecule has 1 atom stereocenters. The highest BCUT2D eigenvalue weighted by Crippen LogP contribution is 2.11. The highest BCUT2D eigenvalue weighted by molar-refractivity contribution is 9.10. The lowest BCUT2D eigenvalue weighted by molar-refractivity contribution is -0.137. The van der Waals surface area contributed by atoms with Crippen LogP contribution in [0.15, 0.2) is 28.7 Å². The van der Waals surface area contributed by atoms with Crippen molar-refractivity contribution in [3.63, 3.8) is 0 Å². The summed E-state index contributed by atoms with van der Waals surface area (Å²) in [5.41, 5.74) is 1.28. The van der Waals surface area contributed by atoms with Crippen LogP contribution in [0.3, 0.4) is 0 Å². The molecular formula is C13H18BrNO2. The van der Waals surface area contributed by atoms with E-state index in [0.29, 0.717) is 0 Å². The molecule has 0 bridgehead atoms. The maximum absolute atomic E-state index is 10.5. The van der Waals surface area contributed by atoms with Crippen LogP contribution in [-0.4, -0.2) is 24.2 Å². The number of nitrogens with one attached hydrogen (secondary N) is 1. The molecule has 0 aliphatic heterocycles. The van der Waals surface area contributed by atoms with Crippen LogP contribution in [0.2, 0.25) is 0 Å². The van der Waals surface area contributed by atoms with Gasteiger partial charge in [-0.15, -0.1) is 0 Å². The van der Waals surface area contributed by atoms with Crippen LogP contribution in [0.4, 0.5) is 0 Å². The zero-order chi connectivity index (χ0) is 12.7. The summed E-state index contributed by atoms with van der Waals surface area (Å²) in [5, 5.41) is 11.9. The number of carboxylic acids is 1. The van der Waals surface area contributed by atoms with Crippen molar-refractivity contribution in [1.29, 1.82) is 0 Å². The highest BCUT2D eigenvalue weighted by atomic mass is 79.9. The van der Waals surface area contributed by atoms with Gasteiger partial charge in [0.15, 0.2) is 0 Å². The molecule has 4 heteroatoms. The third-order valence-corrected chi connectivity index (χ3v) is 2.99. The fourth-order valence-electron chi connectivity index (χ4n) is 1.64. The summed E-state index contributed by atoms with van der Waals surface area (Å²) in [5.74, 6) is -0.554. The van der Waals surface area contributed by atoms with Gasteiger partial charge in [-0.1, -0.05) is 35.0 Å². The zero-order valence-electron chi connectivity index (χ0n) is 9.95. The Labute approximate surface area is 110 Å². The lowest BCUT2D eigenvalue weighted by atomic mass is 10.1. The molecule has 0 amide bonds. The van der Waals surface area contributed by atoms with E-state index in [2.05, 4.69) is 33.4 Å². The predicted octanol–water partition coefficient (Wildman–Crippen LogP) is 2.69. The molecule has 94 valence electrons. The SMILES string of the molecule is CC(CNCCc1cccc(Br)c1)CC(=O)O. The second kappa shape index (κ2) is 7.45. The summed E-state index contributed by atoms with van der Waals surface area (Å²) in [7, 11) is 0. The fraction of sp³-hybridized carbons (Fsp3) is 0.462. The second-order valence-corrected chi connectivity index (χ2v) is 5.20. The molecular weight excluding hydrogens is 282 g/mol. The average molecular weight is 300 g/mol. The van der Waals surface area contributed by atoms with Gasteiger partial charge in [0.2, 0.25) is 0 Å². The number of carbonyl (C=O) groups is 1. The normalized spacial score (nSPS) is 12.4. The third kappa shape index (κ3) is 6.44. The van der Waals surface area contributed by atoms with Gasteiger partial charge in [0, 0.05) is 10.9 Å². The van der Waals surface area contributed by atoms with Crippen LogP contribution >= 0.6 is 15.9 Å². The molecule has 1 rings (SSSR count). The number of benzene rings is 1. The van der Waals surface area contributed by atoms with E-state index in [1.54, 1.807) is 0 Å². The van der Waals surface area contributed by atoms with E-state index in [-0.39, 0.29) is 12.3 Å². The molecule has 0 aliphatic rings. The maximum atomic E-state index is 10.5. The van der Waals surface area contributed by atoms with Crippen molar-refractivity contribution in [1.82, 2.24) is 5.32 Å². The van der Waals surface area contributed by atoms with Gasteiger partial charge in [-0.2, -0.15) is 0 Å². The largest absolute Gasteiger partial charge is 0.481 e. The van der Waals surface area contributed by atoms with Crippen LogP contribution in [0, 0.1) is 5.92 Å². The van der Waals surface area contributed by atoms with E-state index >= 15 is 0 Å². The minimum Gasteiger partial charge on any atom is -0.481 e. The van der Waals surface area contributed by atoms with E-state index in [0.717, 1.165) is 24.0 Å². The minimum absolute atomic E-state index is 0.176. The smallest absolute Gasteiger partial charge is 0.303 e. The lowest BCUT2D eigenvalue weighted by Gasteiger charge is -2.10. The van der Waals surface area contributed by atoms with E-state index in [1.807, 2.05) is 19.1 Å². The summed E-state index contributed by atoms with van der Waals surface area (Å²) in [6.45, 7) is 3.57. The minimum atomic E-state index is -0.730. The molecule has 2 N–H and O–H groups in total. The molecule has 0 aliphatic carbocycles. The number of aliphatic carboxylic acids is 1. The summed E-state index contributed by atoms with van der Waals surface area (Å²) in [6, 6.07) is 8.22. The number of carboxylic acid groups (broad SMARTS) is 1. The van der Waals surface area contributed by atoms with Gasteiger partial charge < -0.3 is 10.4 Å². The molecule has 0 spiro atoms. The van der Waals surface area contributed by atoms with E-state index < -0.39 is 5.97 Å². The Morgan fingerprint density at radius 3 is 2.94 bits per heavy atom. The predicted molar refractivity (Wildman–Crippen MR) is 72.1 cm³/mol. The van der Waals surface area contributed by atoms with Crippen molar-refractivity contribution in [3.8, 4) is 0 Å². The summed E-state index contributed by atoms with van der Waals surface area (Å²) in [4.78, 5) is 10.5. The van der Waals surface area contributed by atoms with Crippen LogP contribution in [0.25, 0.3) is 0 Å². The molecule has 17 heavy (non-hydrogen) atoms. The first kappa shape index (κ1) is 14.2. The number of halogens is 1. The average Bonchev–Trinajstić information content (AvgIpc) is 2.23. The molecule has 3 nitrogen and oxygen atoms in total. The maximum Gasteiger partial charge on any atom is 0.303 e. The molecule has 1 aromatic rings. The standard InChI is InChI=1S/C13H18BrNO2/c1-10(7-13(16)17)9-15-6-5-11-3-2-4-12(14)8-11/h2-4,8,10,15H,5-7,9H2,1H3,(H,16,17). The first-order valence-corrected chi connectivity index (χ1v) is 6.54. The van der Waals surface area contributed by atoms with Crippen LogP contribution in [0.1, 0.15) is 18.9 Å². The van der Waals surface area contributed by atoms with Crippen molar-refractivity contribution >= 4 is 21.9 Å². The van der Waals surface area contributed by atoms with Crippen LogP contribution < -0.4 is 5.32 Å². The van der Waals surface area contributed by atoms with Gasteiger partial charge >= 0.3 is 5.97 Å². The Bertz CT molecular complexity index is 368. The number of hydrogen-bond acceptors (Lipinski definition) is 2. The second-order valence-electron chi connectivity index (χ2n) is 4.29. The highest BCUT2D eigenvalue weighted by Gasteiger charge is 2.06. The quantitative estimate of drug-likeness (QED) is 0.761. The number of hydrogen-bond donors (Lipinski definition) is 2. The topological polar surface area (TPSA) is 49.3 Å². The summed E-state index contributed by atoms with van der Waals surface area (Å²) in [6.07, 6.45) is 1.18. The molecule has 0 heterocycles. The molecule has 0 saturated carbocycles. The Morgan fingerprint density at radius 1 is 1.53 bits per heavy atom. The van der Waals surface area contributed by atoms with Gasteiger partial charge in [-0.05, 0) is 43.1 Å². The van der Waals surface area contributed by atoms with E-state index in [1.165, 1.54) is 5.56 Å².